The average Bonchev–Trinajstić information content (AvgIpc) is 2.26. The second-order valence-electron chi connectivity index (χ2n) is 4.03. The number of ketones is 2. The zero-order chi connectivity index (χ0) is 13.0. The van der Waals surface area contributed by atoms with Crippen LogP contribution in [0.3, 0.4) is 0 Å². The number of hydrogen-bond acceptors (Lipinski definition) is 2. The third-order valence-corrected chi connectivity index (χ3v) is 2.68. The highest BCUT2D eigenvalue weighted by molar-refractivity contribution is 6.08. The minimum absolute atomic E-state index is 0.0980. The molecule has 2 nitrogen and oxygen atoms in total. The summed E-state index contributed by atoms with van der Waals surface area (Å²) >= 11 is 0. The topological polar surface area (TPSA) is 34.1 Å². The van der Waals surface area contributed by atoms with Crippen molar-refractivity contribution >= 4 is 11.6 Å². The van der Waals surface area contributed by atoms with Gasteiger partial charge < -0.3 is 0 Å². The number of halogens is 2. The van der Waals surface area contributed by atoms with Gasteiger partial charge in [0.1, 0.15) is 17.4 Å². The second kappa shape index (κ2) is 5.66. The van der Waals surface area contributed by atoms with E-state index in [1.807, 2.05) is 6.92 Å². The van der Waals surface area contributed by atoms with Crippen LogP contribution in [0.1, 0.15) is 37.0 Å². The van der Waals surface area contributed by atoms with Crippen molar-refractivity contribution in [3.63, 3.8) is 0 Å². The van der Waals surface area contributed by atoms with Crippen molar-refractivity contribution in [3.05, 3.63) is 35.4 Å². The maximum absolute atomic E-state index is 12.9. The van der Waals surface area contributed by atoms with Gasteiger partial charge in [-0.15, -0.1) is 0 Å². The van der Waals surface area contributed by atoms with Crippen molar-refractivity contribution in [3.8, 4) is 0 Å². The maximum Gasteiger partial charge on any atom is 0.170 e. The Labute approximate surface area is 98.6 Å². The highest BCUT2D eigenvalue weighted by Gasteiger charge is 2.17. The third-order valence-electron chi connectivity index (χ3n) is 2.68. The van der Waals surface area contributed by atoms with Crippen LogP contribution >= 0.6 is 0 Å². The molecule has 0 bridgehead atoms. The summed E-state index contributed by atoms with van der Waals surface area (Å²) in [7, 11) is 0. The molecule has 1 rings (SSSR count). The molecule has 0 aliphatic carbocycles. The summed E-state index contributed by atoms with van der Waals surface area (Å²) in [5.74, 6) is -2.60. The van der Waals surface area contributed by atoms with Crippen molar-refractivity contribution in [2.75, 3.05) is 0 Å². The van der Waals surface area contributed by atoms with Crippen molar-refractivity contribution < 1.29 is 18.4 Å². The smallest absolute Gasteiger partial charge is 0.170 e. The molecule has 0 aliphatic rings. The fourth-order valence-corrected chi connectivity index (χ4v) is 1.38. The van der Waals surface area contributed by atoms with Crippen molar-refractivity contribution in [1.82, 2.24) is 0 Å². The minimum atomic E-state index is -0.815. The van der Waals surface area contributed by atoms with Crippen LogP contribution in [0.2, 0.25) is 0 Å². The third kappa shape index (κ3) is 3.73. The first-order valence-electron chi connectivity index (χ1n) is 5.46. The van der Waals surface area contributed by atoms with Gasteiger partial charge in [0.05, 0.1) is 6.42 Å². The zero-order valence-electron chi connectivity index (χ0n) is 9.80. The van der Waals surface area contributed by atoms with Crippen LogP contribution in [-0.2, 0) is 4.79 Å². The molecule has 92 valence electrons. The van der Waals surface area contributed by atoms with Crippen LogP contribution in [0.4, 0.5) is 8.78 Å². The van der Waals surface area contributed by atoms with E-state index >= 15 is 0 Å². The molecule has 1 unspecified atom stereocenters. The summed E-state index contributed by atoms with van der Waals surface area (Å²) in [6.45, 7) is 3.57. The number of carbonyl (C=O) groups is 2. The Balaban J connectivity index is 2.80. The standard InChI is InChI=1S/C13H14F2O2/c1-3-8(2)12(16)7-13(17)9-4-10(14)6-11(15)5-9/h4-6,8H,3,7H2,1-2H3. The van der Waals surface area contributed by atoms with Crippen LogP contribution in [-0.4, -0.2) is 11.6 Å². The first-order chi connectivity index (χ1) is 7.93. The summed E-state index contributed by atoms with van der Waals surface area (Å²) < 4.78 is 25.7. The van der Waals surface area contributed by atoms with Crippen LogP contribution in [0, 0.1) is 17.6 Å². The quantitative estimate of drug-likeness (QED) is 0.585. The molecule has 0 aromatic heterocycles. The maximum atomic E-state index is 12.9. The molecule has 1 atom stereocenters. The van der Waals surface area contributed by atoms with E-state index in [-0.39, 0.29) is 23.7 Å². The lowest BCUT2D eigenvalue weighted by molar-refractivity contribution is -0.121. The zero-order valence-corrected chi connectivity index (χ0v) is 9.80. The van der Waals surface area contributed by atoms with Gasteiger partial charge in [-0.2, -0.15) is 0 Å². The van der Waals surface area contributed by atoms with E-state index in [9.17, 15) is 18.4 Å². The molecule has 17 heavy (non-hydrogen) atoms. The van der Waals surface area contributed by atoms with E-state index in [2.05, 4.69) is 0 Å². The number of rotatable bonds is 5. The van der Waals surface area contributed by atoms with Crippen molar-refractivity contribution in [1.29, 1.82) is 0 Å². The van der Waals surface area contributed by atoms with Gasteiger partial charge in [0.2, 0.25) is 0 Å². The first kappa shape index (κ1) is 13.5. The van der Waals surface area contributed by atoms with Gasteiger partial charge in [0, 0.05) is 17.5 Å². The number of benzene rings is 1. The summed E-state index contributed by atoms with van der Waals surface area (Å²) in [6.07, 6.45) is 0.335. The average molecular weight is 240 g/mol. The SMILES string of the molecule is CCC(C)C(=O)CC(=O)c1cc(F)cc(F)c1. The lowest BCUT2D eigenvalue weighted by atomic mass is 9.97. The van der Waals surface area contributed by atoms with E-state index < -0.39 is 17.4 Å². The number of hydrogen-bond donors (Lipinski definition) is 0. The van der Waals surface area contributed by atoms with Gasteiger partial charge in [-0.3, -0.25) is 9.59 Å². The molecule has 0 fully saturated rings. The molecule has 0 radical (unpaired) electrons. The summed E-state index contributed by atoms with van der Waals surface area (Å²) in [5, 5.41) is 0. The van der Waals surface area contributed by atoms with Gasteiger partial charge >= 0.3 is 0 Å². The van der Waals surface area contributed by atoms with Crippen molar-refractivity contribution in [2.24, 2.45) is 5.92 Å². The Hall–Kier alpha value is -1.58. The lowest BCUT2D eigenvalue weighted by Gasteiger charge is -2.06. The normalized spacial score (nSPS) is 12.2. The van der Waals surface area contributed by atoms with Gasteiger partial charge in [0.25, 0.3) is 0 Å². The Morgan fingerprint density at radius 2 is 1.71 bits per heavy atom. The Bertz CT molecular complexity index is 421. The van der Waals surface area contributed by atoms with Crippen LogP contribution in [0.5, 0.6) is 0 Å². The molecule has 4 heteroatoms. The lowest BCUT2D eigenvalue weighted by Crippen LogP contribution is -2.15. The molecule has 0 saturated carbocycles. The summed E-state index contributed by atoms with van der Waals surface area (Å²) in [6, 6.07) is 2.57. The van der Waals surface area contributed by atoms with Crippen molar-refractivity contribution in [2.45, 2.75) is 26.7 Å². The van der Waals surface area contributed by atoms with Gasteiger partial charge in [-0.25, -0.2) is 8.78 Å². The van der Waals surface area contributed by atoms with E-state index in [0.29, 0.717) is 12.5 Å². The van der Waals surface area contributed by atoms with Crippen LogP contribution < -0.4 is 0 Å². The number of carbonyl (C=O) groups excluding carboxylic acids is 2. The molecule has 0 N–H and O–H groups in total. The fourth-order valence-electron chi connectivity index (χ4n) is 1.38. The molecule has 0 saturated heterocycles. The van der Waals surface area contributed by atoms with Crippen LogP contribution in [0.15, 0.2) is 18.2 Å². The predicted octanol–water partition coefficient (Wildman–Crippen LogP) is 3.15. The molecular formula is C13H14F2O2. The van der Waals surface area contributed by atoms with Gasteiger partial charge in [0.15, 0.2) is 5.78 Å². The second-order valence-corrected chi connectivity index (χ2v) is 4.03. The highest BCUT2D eigenvalue weighted by atomic mass is 19.1. The predicted molar refractivity (Wildman–Crippen MR) is 59.8 cm³/mol. The molecule has 0 heterocycles. The van der Waals surface area contributed by atoms with Gasteiger partial charge in [-0.1, -0.05) is 13.8 Å². The molecule has 0 amide bonds. The van der Waals surface area contributed by atoms with Crippen LogP contribution in [0.25, 0.3) is 0 Å². The molecule has 0 aliphatic heterocycles. The van der Waals surface area contributed by atoms with E-state index in [0.717, 1.165) is 12.1 Å². The monoisotopic (exact) mass is 240 g/mol. The first-order valence-corrected chi connectivity index (χ1v) is 5.46. The Morgan fingerprint density at radius 1 is 1.18 bits per heavy atom. The highest BCUT2D eigenvalue weighted by Crippen LogP contribution is 2.13. The molecule has 1 aromatic carbocycles. The molecule has 0 spiro atoms. The van der Waals surface area contributed by atoms with E-state index in [4.69, 9.17) is 0 Å². The fraction of sp³-hybridized carbons (Fsp3) is 0.385. The Kier molecular flexibility index (Phi) is 4.49. The summed E-state index contributed by atoms with van der Waals surface area (Å²) in [5.41, 5.74) is -0.0980. The molecular weight excluding hydrogens is 226 g/mol. The minimum Gasteiger partial charge on any atom is -0.299 e. The number of Topliss-reactive ketones (excluding diaryl/α,β-unsaturated/α-hetero) is 2. The van der Waals surface area contributed by atoms with E-state index in [1.165, 1.54) is 0 Å². The molecule has 1 aromatic rings. The Morgan fingerprint density at radius 3 is 2.18 bits per heavy atom. The van der Waals surface area contributed by atoms with E-state index in [1.54, 1.807) is 6.92 Å². The summed E-state index contributed by atoms with van der Waals surface area (Å²) in [4.78, 5) is 23.1. The largest absolute Gasteiger partial charge is 0.299 e. The van der Waals surface area contributed by atoms with Gasteiger partial charge in [-0.05, 0) is 18.6 Å².